The highest BCUT2D eigenvalue weighted by atomic mass is 16.5. The molecule has 0 saturated heterocycles. The summed E-state index contributed by atoms with van der Waals surface area (Å²) in [5, 5.41) is 28.6. The fourth-order valence-electron chi connectivity index (χ4n) is 1.95. The molecule has 0 saturated carbocycles. The van der Waals surface area contributed by atoms with Crippen molar-refractivity contribution in [3.63, 3.8) is 0 Å². The molecule has 5 heteroatoms. The first-order chi connectivity index (χ1) is 10.5. The van der Waals surface area contributed by atoms with Crippen molar-refractivity contribution in [2.24, 2.45) is 0 Å². The minimum atomic E-state index is -0.603. The number of hydrogen-bond acceptors (Lipinski definition) is 5. The molecule has 0 aromatic heterocycles. The van der Waals surface area contributed by atoms with E-state index in [0.29, 0.717) is 11.1 Å². The van der Waals surface area contributed by atoms with Gasteiger partial charge < -0.3 is 20.1 Å². The molecule has 0 heterocycles. The maximum Gasteiger partial charge on any atom is 0.342 e. The van der Waals surface area contributed by atoms with Crippen molar-refractivity contribution in [3.8, 4) is 17.2 Å². The monoisotopic (exact) mass is 300 g/mol. The topological polar surface area (TPSA) is 87.0 Å². The van der Waals surface area contributed by atoms with Crippen LogP contribution in [0, 0.1) is 0 Å². The molecule has 2 rings (SSSR count). The Morgan fingerprint density at radius 3 is 2.50 bits per heavy atom. The van der Waals surface area contributed by atoms with Crippen LogP contribution in [0.4, 0.5) is 0 Å². The van der Waals surface area contributed by atoms with Gasteiger partial charge >= 0.3 is 5.97 Å². The van der Waals surface area contributed by atoms with Crippen molar-refractivity contribution in [2.45, 2.75) is 6.92 Å². The number of rotatable bonds is 4. The SMILES string of the molecule is CCOC(=O)c1c(O)cccc1/C=C/c1ccc(O)c(O)c1. The summed E-state index contributed by atoms with van der Waals surface area (Å²) in [5.74, 6) is -1.20. The molecule has 0 radical (unpaired) electrons. The largest absolute Gasteiger partial charge is 0.507 e. The number of benzene rings is 2. The highest BCUT2D eigenvalue weighted by Crippen LogP contribution is 2.27. The van der Waals surface area contributed by atoms with Crippen molar-refractivity contribution in [3.05, 3.63) is 53.1 Å². The highest BCUT2D eigenvalue weighted by Gasteiger charge is 2.15. The Hall–Kier alpha value is -2.95. The second-order valence-electron chi connectivity index (χ2n) is 4.54. The van der Waals surface area contributed by atoms with E-state index in [1.54, 1.807) is 37.3 Å². The molecule has 0 atom stereocenters. The number of phenolic OH excluding ortho intramolecular Hbond substituents is 3. The molecule has 114 valence electrons. The van der Waals surface area contributed by atoms with E-state index in [0.717, 1.165) is 0 Å². The summed E-state index contributed by atoms with van der Waals surface area (Å²) in [6.45, 7) is 1.90. The van der Waals surface area contributed by atoms with E-state index in [9.17, 15) is 20.1 Å². The Bertz CT molecular complexity index is 719. The fourth-order valence-corrected chi connectivity index (χ4v) is 1.95. The van der Waals surface area contributed by atoms with Gasteiger partial charge in [-0.1, -0.05) is 30.4 Å². The molecule has 0 fully saturated rings. The Balaban J connectivity index is 2.36. The zero-order chi connectivity index (χ0) is 16.1. The van der Waals surface area contributed by atoms with Crippen molar-refractivity contribution < 1.29 is 24.9 Å². The van der Waals surface area contributed by atoms with Crippen LogP contribution in [0.2, 0.25) is 0 Å². The van der Waals surface area contributed by atoms with E-state index in [1.165, 1.54) is 18.2 Å². The Labute approximate surface area is 127 Å². The molecular weight excluding hydrogens is 284 g/mol. The number of carbonyl (C=O) groups is 1. The second kappa shape index (κ2) is 6.67. The van der Waals surface area contributed by atoms with Crippen LogP contribution < -0.4 is 0 Å². The van der Waals surface area contributed by atoms with Gasteiger partial charge in [-0.15, -0.1) is 0 Å². The van der Waals surface area contributed by atoms with E-state index >= 15 is 0 Å². The molecule has 5 nitrogen and oxygen atoms in total. The summed E-state index contributed by atoms with van der Waals surface area (Å²) in [7, 11) is 0. The summed E-state index contributed by atoms with van der Waals surface area (Å²) < 4.78 is 4.93. The lowest BCUT2D eigenvalue weighted by Crippen LogP contribution is -2.06. The predicted molar refractivity (Wildman–Crippen MR) is 82.8 cm³/mol. The standard InChI is InChI=1S/C17H16O5/c1-2-22-17(21)16-12(4-3-5-14(16)19)8-6-11-7-9-13(18)15(20)10-11/h3-10,18-20H,2H2,1H3/b8-6+. The van der Waals surface area contributed by atoms with Gasteiger partial charge in [0.05, 0.1) is 6.61 Å². The quantitative estimate of drug-likeness (QED) is 0.459. The second-order valence-corrected chi connectivity index (χ2v) is 4.54. The van der Waals surface area contributed by atoms with Crippen molar-refractivity contribution in [2.75, 3.05) is 6.61 Å². The normalized spacial score (nSPS) is 10.8. The maximum absolute atomic E-state index is 11.9. The third-order valence-corrected chi connectivity index (χ3v) is 3.01. The zero-order valence-corrected chi connectivity index (χ0v) is 12.0. The molecule has 0 aliphatic carbocycles. The van der Waals surface area contributed by atoms with E-state index in [4.69, 9.17) is 4.74 Å². The molecule has 0 bridgehead atoms. The predicted octanol–water partition coefficient (Wildman–Crippen LogP) is 3.15. The van der Waals surface area contributed by atoms with Crippen LogP contribution in [0.3, 0.4) is 0 Å². The van der Waals surface area contributed by atoms with Crippen molar-refractivity contribution >= 4 is 18.1 Å². The maximum atomic E-state index is 11.9. The van der Waals surface area contributed by atoms with Crippen LogP contribution >= 0.6 is 0 Å². The minimum Gasteiger partial charge on any atom is -0.507 e. The first kappa shape index (κ1) is 15.4. The fraction of sp³-hybridized carbons (Fsp3) is 0.118. The highest BCUT2D eigenvalue weighted by molar-refractivity contribution is 5.97. The smallest absolute Gasteiger partial charge is 0.342 e. The number of ether oxygens (including phenoxy) is 1. The lowest BCUT2D eigenvalue weighted by Gasteiger charge is -2.07. The molecule has 0 amide bonds. The van der Waals surface area contributed by atoms with Crippen LogP contribution in [-0.4, -0.2) is 27.9 Å². The average Bonchev–Trinajstić information content (AvgIpc) is 2.48. The first-order valence-electron chi connectivity index (χ1n) is 6.72. The average molecular weight is 300 g/mol. The Kier molecular flexibility index (Phi) is 4.68. The number of phenols is 3. The van der Waals surface area contributed by atoms with Crippen molar-refractivity contribution in [1.29, 1.82) is 0 Å². The molecule has 3 N–H and O–H groups in total. The third-order valence-electron chi connectivity index (χ3n) is 3.01. The Morgan fingerprint density at radius 1 is 1.05 bits per heavy atom. The van der Waals surface area contributed by atoms with Gasteiger partial charge in [0.25, 0.3) is 0 Å². The van der Waals surface area contributed by atoms with E-state index in [-0.39, 0.29) is 29.4 Å². The number of esters is 1. The summed E-state index contributed by atoms with van der Waals surface area (Å²) >= 11 is 0. The van der Waals surface area contributed by atoms with Crippen molar-refractivity contribution in [1.82, 2.24) is 0 Å². The van der Waals surface area contributed by atoms with Crippen LogP contribution in [0.25, 0.3) is 12.2 Å². The van der Waals surface area contributed by atoms with Gasteiger partial charge in [0.15, 0.2) is 11.5 Å². The summed E-state index contributed by atoms with van der Waals surface area (Å²) in [4.78, 5) is 11.9. The van der Waals surface area contributed by atoms with Gasteiger partial charge in [0.1, 0.15) is 11.3 Å². The zero-order valence-electron chi connectivity index (χ0n) is 12.0. The first-order valence-corrected chi connectivity index (χ1v) is 6.72. The van der Waals surface area contributed by atoms with Crippen LogP contribution in [0.15, 0.2) is 36.4 Å². The van der Waals surface area contributed by atoms with Crippen LogP contribution in [-0.2, 0) is 4.74 Å². The third kappa shape index (κ3) is 3.38. The van der Waals surface area contributed by atoms with Gasteiger partial charge in [0.2, 0.25) is 0 Å². The number of carbonyl (C=O) groups excluding carboxylic acids is 1. The number of aromatic hydroxyl groups is 3. The van der Waals surface area contributed by atoms with Gasteiger partial charge in [-0.2, -0.15) is 0 Å². The van der Waals surface area contributed by atoms with Gasteiger partial charge in [-0.25, -0.2) is 4.79 Å². The number of hydrogen-bond donors (Lipinski definition) is 3. The van der Waals surface area contributed by atoms with E-state index in [1.807, 2.05) is 0 Å². The van der Waals surface area contributed by atoms with Gasteiger partial charge in [-0.3, -0.25) is 0 Å². The molecule has 0 unspecified atom stereocenters. The lowest BCUT2D eigenvalue weighted by atomic mass is 10.0. The van der Waals surface area contributed by atoms with Crippen LogP contribution in [0.5, 0.6) is 17.2 Å². The van der Waals surface area contributed by atoms with Gasteiger partial charge in [0, 0.05) is 0 Å². The Morgan fingerprint density at radius 2 is 1.82 bits per heavy atom. The van der Waals surface area contributed by atoms with Gasteiger partial charge in [-0.05, 0) is 36.2 Å². The molecule has 2 aromatic rings. The minimum absolute atomic E-state index is 0.0867. The lowest BCUT2D eigenvalue weighted by molar-refractivity contribution is 0.0523. The van der Waals surface area contributed by atoms with Crippen LogP contribution in [0.1, 0.15) is 28.4 Å². The summed E-state index contributed by atoms with van der Waals surface area (Å²) in [6, 6.07) is 9.06. The molecule has 0 aliphatic heterocycles. The molecule has 0 aliphatic rings. The molecule has 22 heavy (non-hydrogen) atoms. The molecular formula is C17H16O5. The van der Waals surface area contributed by atoms with E-state index < -0.39 is 5.97 Å². The van der Waals surface area contributed by atoms with E-state index in [2.05, 4.69) is 0 Å². The molecule has 0 spiro atoms. The molecule has 2 aromatic carbocycles. The summed E-state index contributed by atoms with van der Waals surface area (Å²) in [5.41, 5.74) is 1.21. The summed E-state index contributed by atoms with van der Waals surface area (Å²) in [6.07, 6.45) is 3.27.